The van der Waals surface area contributed by atoms with Crippen molar-refractivity contribution in [2.75, 3.05) is 33.3 Å². The second-order valence-corrected chi connectivity index (χ2v) is 7.26. The first-order chi connectivity index (χ1) is 8.32. The summed E-state index contributed by atoms with van der Waals surface area (Å²) >= 11 is 0. The van der Waals surface area contributed by atoms with Gasteiger partial charge in [-0.1, -0.05) is 6.92 Å². The van der Waals surface area contributed by atoms with Crippen molar-refractivity contribution >= 4 is 10.0 Å². The summed E-state index contributed by atoms with van der Waals surface area (Å²) in [4.78, 5) is 0. The molecule has 0 radical (unpaired) electrons. The van der Waals surface area contributed by atoms with Crippen LogP contribution in [0.25, 0.3) is 0 Å². The fourth-order valence-corrected chi connectivity index (χ4v) is 2.71. The van der Waals surface area contributed by atoms with E-state index in [-0.39, 0.29) is 6.10 Å². The van der Waals surface area contributed by atoms with Gasteiger partial charge in [0, 0.05) is 20.1 Å². The summed E-state index contributed by atoms with van der Waals surface area (Å²) in [5.74, 6) is 0. The molecular weight excluding hydrogens is 252 g/mol. The van der Waals surface area contributed by atoms with E-state index in [0.29, 0.717) is 19.7 Å². The van der Waals surface area contributed by atoms with Crippen LogP contribution < -0.4 is 5.32 Å². The highest BCUT2D eigenvalue weighted by atomic mass is 32.2. The Labute approximate surface area is 112 Å². The predicted octanol–water partition coefficient (Wildman–Crippen LogP) is 1.06. The first-order valence-electron chi connectivity index (χ1n) is 6.59. The molecule has 1 N–H and O–H groups in total. The van der Waals surface area contributed by atoms with Crippen LogP contribution in [0.5, 0.6) is 0 Å². The van der Waals surface area contributed by atoms with Gasteiger partial charge < -0.3 is 10.1 Å². The van der Waals surface area contributed by atoms with Crippen molar-refractivity contribution in [2.45, 2.75) is 45.5 Å². The van der Waals surface area contributed by atoms with Crippen LogP contribution >= 0.6 is 0 Å². The molecule has 0 amide bonds. The number of rotatable bonds is 10. The summed E-state index contributed by atoms with van der Waals surface area (Å²) in [7, 11) is -1.62. The van der Waals surface area contributed by atoms with Crippen LogP contribution in [0.3, 0.4) is 0 Å². The minimum absolute atomic E-state index is 0.129. The molecule has 0 fully saturated rings. The molecule has 18 heavy (non-hydrogen) atoms. The molecule has 0 saturated heterocycles. The lowest BCUT2D eigenvalue weighted by Gasteiger charge is -2.22. The quantitative estimate of drug-likeness (QED) is 0.608. The number of sulfonamides is 1. The normalized spacial score (nSPS) is 14.4. The Kier molecular flexibility index (Phi) is 8.77. The molecule has 0 spiro atoms. The van der Waals surface area contributed by atoms with Crippen molar-refractivity contribution in [2.24, 2.45) is 0 Å². The Balaban J connectivity index is 4.16. The molecule has 0 bridgehead atoms. The number of hydrogen-bond acceptors (Lipinski definition) is 4. The number of likely N-dealkylation sites (N-methyl/N-ethyl adjacent to an activating group) is 1. The van der Waals surface area contributed by atoms with Crippen LogP contribution in [0.1, 0.15) is 34.1 Å². The Morgan fingerprint density at radius 3 is 2.39 bits per heavy atom. The van der Waals surface area contributed by atoms with Gasteiger partial charge in [-0.3, -0.25) is 0 Å². The van der Waals surface area contributed by atoms with Gasteiger partial charge in [0.1, 0.15) is 0 Å². The standard InChI is InChI=1S/C12H28N2O3S/c1-6-7-13-10-12(4)18(15,16)14(5)8-9-17-11(2)3/h11-13H,6-10H2,1-5H3. The van der Waals surface area contributed by atoms with Gasteiger partial charge in [0.15, 0.2) is 0 Å². The van der Waals surface area contributed by atoms with E-state index in [1.165, 1.54) is 4.31 Å². The van der Waals surface area contributed by atoms with Crippen molar-refractivity contribution < 1.29 is 13.2 Å². The first kappa shape index (κ1) is 17.8. The van der Waals surface area contributed by atoms with E-state index in [1.807, 2.05) is 13.8 Å². The van der Waals surface area contributed by atoms with Crippen LogP contribution in [0, 0.1) is 0 Å². The number of nitrogens with one attached hydrogen (secondary N) is 1. The molecule has 0 heterocycles. The smallest absolute Gasteiger partial charge is 0.217 e. The van der Waals surface area contributed by atoms with E-state index >= 15 is 0 Å². The van der Waals surface area contributed by atoms with Gasteiger partial charge in [-0.05, 0) is 33.7 Å². The SMILES string of the molecule is CCCNCC(C)S(=O)(=O)N(C)CCOC(C)C. The minimum atomic E-state index is -3.23. The van der Waals surface area contributed by atoms with E-state index in [2.05, 4.69) is 12.2 Å². The molecule has 0 aromatic heterocycles. The van der Waals surface area contributed by atoms with E-state index in [9.17, 15) is 8.42 Å². The van der Waals surface area contributed by atoms with Crippen LogP contribution in [0.4, 0.5) is 0 Å². The summed E-state index contributed by atoms with van der Waals surface area (Å²) in [6, 6.07) is 0. The third-order valence-electron chi connectivity index (χ3n) is 2.66. The molecule has 0 aromatic rings. The molecule has 0 rings (SSSR count). The van der Waals surface area contributed by atoms with E-state index < -0.39 is 15.3 Å². The Hall–Kier alpha value is -0.170. The van der Waals surface area contributed by atoms with Crippen molar-refractivity contribution in [1.29, 1.82) is 0 Å². The fourth-order valence-electron chi connectivity index (χ4n) is 1.44. The predicted molar refractivity (Wildman–Crippen MR) is 75.3 cm³/mol. The lowest BCUT2D eigenvalue weighted by atomic mass is 10.4. The van der Waals surface area contributed by atoms with E-state index in [0.717, 1.165) is 13.0 Å². The molecule has 0 saturated carbocycles. The van der Waals surface area contributed by atoms with E-state index in [1.54, 1.807) is 14.0 Å². The molecule has 110 valence electrons. The Bertz CT molecular complexity index is 304. The molecule has 0 aliphatic rings. The van der Waals surface area contributed by atoms with Gasteiger partial charge in [-0.25, -0.2) is 12.7 Å². The zero-order chi connectivity index (χ0) is 14.2. The summed E-state index contributed by atoms with van der Waals surface area (Å²) in [5.41, 5.74) is 0. The van der Waals surface area contributed by atoms with Crippen molar-refractivity contribution in [3.8, 4) is 0 Å². The van der Waals surface area contributed by atoms with Gasteiger partial charge in [0.05, 0.1) is 18.0 Å². The van der Waals surface area contributed by atoms with Gasteiger partial charge >= 0.3 is 0 Å². The maximum absolute atomic E-state index is 12.1. The second kappa shape index (κ2) is 8.85. The van der Waals surface area contributed by atoms with Gasteiger partial charge in [-0.15, -0.1) is 0 Å². The van der Waals surface area contributed by atoms with E-state index in [4.69, 9.17) is 4.74 Å². The molecule has 6 heteroatoms. The maximum atomic E-state index is 12.1. The number of nitrogens with zero attached hydrogens (tertiary/aromatic N) is 1. The third kappa shape index (κ3) is 6.68. The first-order valence-corrected chi connectivity index (χ1v) is 8.10. The summed E-state index contributed by atoms with van der Waals surface area (Å²) in [5, 5.41) is 2.72. The lowest BCUT2D eigenvalue weighted by molar-refractivity contribution is 0.0736. The molecule has 1 unspecified atom stereocenters. The number of hydrogen-bond donors (Lipinski definition) is 1. The second-order valence-electron chi connectivity index (χ2n) is 4.80. The van der Waals surface area contributed by atoms with Crippen molar-refractivity contribution in [1.82, 2.24) is 9.62 Å². The zero-order valence-corrected chi connectivity index (χ0v) is 13.1. The van der Waals surface area contributed by atoms with Gasteiger partial charge in [0.2, 0.25) is 10.0 Å². The molecule has 1 atom stereocenters. The Morgan fingerprint density at radius 1 is 1.28 bits per heavy atom. The number of ether oxygens (including phenoxy) is 1. The van der Waals surface area contributed by atoms with Crippen LogP contribution in [0.15, 0.2) is 0 Å². The highest BCUT2D eigenvalue weighted by molar-refractivity contribution is 7.89. The topological polar surface area (TPSA) is 58.6 Å². The summed E-state index contributed by atoms with van der Waals surface area (Å²) in [6.07, 6.45) is 1.13. The maximum Gasteiger partial charge on any atom is 0.217 e. The third-order valence-corrected chi connectivity index (χ3v) is 4.89. The largest absolute Gasteiger partial charge is 0.377 e. The molecule has 0 aromatic carbocycles. The summed E-state index contributed by atoms with van der Waals surface area (Å²) < 4.78 is 31.0. The summed E-state index contributed by atoms with van der Waals surface area (Å²) in [6.45, 7) is 9.84. The average molecular weight is 280 g/mol. The highest BCUT2D eigenvalue weighted by Gasteiger charge is 2.25. The highest BCUT2D eigenvalue weighted by Crippen LogP contribution is 2.06. The van der Waals surface area contributed by atoms with Crippen molar-refractivity contribution in [3.63, 3.8) is 0 Å². The van der Waals surface area contributed by atoms with Crippen LogP contribution in [-0.2, 0) is 14.8 Å². The molecule has 0 aliphatic heterocycles. The lowest BCUT2D eigenvalue weighted by Crippen LogP contribution is -2.41. The Morgan fingerprint density at radius 2 is 1.89 bits per heavy atom. The van der Waals surface area contributed by atoms with Gasteiger partial charge in [-0.2, -0.15) is 0 Å². The van der Waals surface area contributed by atoms with Crippen LogP contribution in [0.2, 0.25) is 0 Å². The fraction of sp³-hybridized carbons (Fsp3) is 1.00. The van der Waals surface area contributed by atoms with Crippen molar-refractivity contribution in [3.05, 3.63) is 0 Å². The minimum Gasteiger partial charge on any atom is -0.377 e. The van der Waals surface area contributed by atoms with Gasteiger partial charge in [0.25, 0.3) is 0 Å². The molecule has 5 nitrogen and oxygen atoms in total. The molecular formula is C12H28N2O3S. The van der Waals surface area contributed by atoms with Crippen LogP contribution in [-0.4, -0.2) is 57.4 Å². The average Bonchev–Trinajstić information content (AvgIpc) is 2.28. The zero-order valence-electron chi connectivity index (χ0n) is 12.3. The monoisotopic (exact) mass is 280 g/mol. The molecule has 0 aliphatic carbocycles.